The van der Waals surface area contributed by atoms with Crippen LogP contribution in [0.2, 0.25) is 0 Å². The van der Waals surface area contributed by atoms with E-state index in [0.717, 1.165) is 0 Å². The van der Waals surface area contributed by atoms with Crippen LogP contribution in [0.25, 0.3) is 6.08 Å². The van der Waals surface area contributed by atoms with Gasteiger partial charge in [0, 0.05) is 12.6 Å². The minimum absolute atomic E-state index is 0.0629. The van der Waals surface area contributed by atoms with Crippen molar-refractivity contribution in [1.29, 1.82) is 0 Å². The summed E-state index contributed by atoms with van der Waals surface area (Å²) in [6.45, 7) is 3.15. The lowest BCUT2D eigenvalue weighted by Gasteiger charge is -2.18. The van der Waals surface area contributed by atoms with Gasteiger partial charge in [0.2, 0.25) is 5.91 Å². The molecule has 0 aliphatic carbocycles. The van der Waals surface area contributed by atoms with Gasteiger partial charge in [-0.25, -0.2) is 0 Å². The van der Waals surface area contributed by atoms with Gasteiger partial charge >= 0.3 is 5.97 Å². The van der Waals surface area contributed by atoms with Crippen molar-refractivity contribution in [2.24, 2.45) is 5.41 Å². The van der Waals surface area contributed by atoms with Crippen LogP contribution in [-0.2, 0) is 9.59 Å². The number of halogens is 1. The first-order valence-corrected chi connectivity index (χ1v) is 6.05. The zero-order valence-electron chi connectivity index (χ0n) is 10.1. The molecule has 18 heavy (non-hydrogen) atoms. The molecule has 5 nitrogen and oxygen atoms in total. The van der Waals surface area contributed by atoms with Gasteiger partial charge in [0.15, 0.2) is 4.67 Å². The number of nitrogens with one attached hydrogen (secondary N) is 1. The van der Waals surface area contributed by atoms with E-state index in [0.29, 0.717) is 10.4 Å². The molecule has 1 rings (SSSR count). The second kappa shape index (κ2) is 5.86. The number of carbonyl (C=O) groups is 2. The maximum Gasteiger partial charge on any atom is 0.310 e. The van der Waals surface area contributed by atoms with Gasteiger partial charge in [-0.1, -0.05) is 0 Å². The predicted octanol–water partition coefficient (Wildman–Crippen LogP) is 2.28. The highest BCUT2D eigenvalue weighted by Gasteiger charge is 2.27. The molecule has 98 valence electrons. The molecular weight excluding hydrogens is 302 g/mol. The van der Waals surface area contributed by atoms with Crippen molar-refractivity contribution in [3.05, 3.63) is 28.6 Å². The smallest absolute Gasteiger partial charge is 0.310 e. The number of carbonyl (C=O) groups excluding carboxylic acids is 1. The van der Waals surface area contributed by atoms with Crippen LogP contribution in [0.3, 0.4) is 0 Å². The van der Waals surface area contributed by atoms with Gasteiger partial charge in [-0.05, 0) is 48.0 Å². The fourth-order valence-corrected chi connectivity index (χ4v) is 1.34. The molecule has 2 N–H and O–H groups in total. The van der Waals surface area contributed by atoms with Gasteiger partial charge in [-0.3, -0.25) is 9.59 Å². The molecule has 6 heteroatoms. The van der Waals surface area contributed by atoms with Crippen molar-refractivity contribution < 1.29 is 19.1 Å². The first-order chi connectivity index (χ1) is 8.31. The van der Waals surface area contributed by atoms with E-state index in [-0.39, 0.29) is 12.5 Å². The summed E-state index contributed by atoms with van der Waals surface area (Å²) in [5.74, 6) is -0.784. The quantitative estimate of drug-likeness (QED) is 0.817. The van der Waals surface area contributed by atoms with Crippen LogP contribution in [-0.4, -0.2) is 23.5 Å². The Balaban J connectivity index is 2.48. The van der Waals surface area contributed by atoms with E-state index in [4.69, 9.17) is 9.52 Å². The van der Waals surface area contributed by atoms with Gasteiger partial charge in [0.05, 0.1) is 5.41 Å². The average molecular weight is 316 g/mol. The molecule has 1 heterocycles. The molecule has 0 saturated heterocycles. The molecule has 0 spiro atoms. The van der Waals surface area contributed by atoms with E-state index in [1.54, 1.807) is 26.0 Å². The van der Waals surface area contributed by atoms with Crippen molar-refractivity contribution in [1.82, 2.24) is 5.32 Å². The fraction of sp³-hybridized carbons (Fsp3) is 0.333. The normalized spacial score (nSPS) is 11.7. The largest absolute Gasteiger partial charge is 0.481 e. The summed E-state index contributed by atoms with van der Waals surface area (Å²) >= 11 is 3.15. The maximum absolute atomic E-state index is 11.4. The molecule has 0 saturated carbocycles. The first-order valence-electron chi connectivity index (χ1n) is 5.26. The van der Waals surface area contributed by atoms with Crippen molar-refractivity contribution in [3.63, 3.8) is 0 Å². The molecule has 0 unspecified atom stereocenters. The molecule has 0 aliphatic rings. The Bertz CT molecular complexity index is 476. The van der Waals surface area contributed by atoms with E-state index in [1.807, 2.05) is 0 Å². The minimum Gasteiger partial charge on any atom is -0.481 e. The lowest BCUT2D eigenvalue weighted by Crippen LogP contribution is -2.38. The number of amides is 1. The Labute approximate surface area is 113 Å². The molecular formula is C12H14BrNO4. The Morgan fingerprint density at radius 3 is 2.67 bits per heavy atom. The highest BCUT2D eigenvalue weighted by atomic mass is 79.9. The summed E-state index contributed by atoms with van der Waals surface area (Å²) in [5.41, 5.74) is -0.989. The third-order valence-electron chi connectivity index (χ3n) is 2.28. The van der Waals surface area contributed by atoms with Gasteiger partial charge in [0.25, 0.3) is 0 Å². The van der Waals surface area contributed by atoms with Crippen molar-refractivity contribution in [2.45, 2.75) is 13.8 Å². The number of carboxylic acid groups (broad SMARTS) is 1. The Morgan fingerprint density at radius 1 is 1.50 bits per heavy atom. The van der Waals surface area contributed by atoms with Gasteiger partial charge < -0.3 is 14.8 Å². The summed E-state index contributed by atoms with van der Waals surface area (Å²) in [6, 6.07) is 3.42. The fourth-order valence-electron chi connectivity index (χ4n) is 1.02. The maximum atomic E-state index is 11.4. The summed E-state index contributed by atoms with van der Waals surface area (Å²) in [4.78, 5) is 22.3. The van der Waals surface area contributed by atoms with Crippen LogP contribution in [0.1, 0.15) is 19.6 Å². The number of aliphatic carboxylic acids is 1. The summed E-state index contributed by atoms with van der Waals surface area (Å²) in [6.07, 6.45) is 2.80. The monoisotopic (exact) mass is 315 g/mol. The molecule has 0 aromatic carbocycles. The average Bonchev–Trinajstić information content (AvgIpc) is 2.69. The number of hydrogen-bond donors (Lipinski definition) is 2. The topological polar surface area (TPSA) is 79.5 Å². The van der Waals surface area contributed by atoms with E-state index >= 15 is 0 Å². The van der Waals surface area contributed by atoms with Crippen molar-refractivity contribution in [3.8, 4) is 0 Å². The lowest BCUT2D eigenvalue weighted by atomic mass is 9.94. The minimum atomic E-state index is -0.989. The number of carboxylic acids is 1. The summed E-state index contributed by atoms with van der Waals surface area (Å²) in [5, 5.41) is 11.4. The van der Waals surface area contributed by atoms with Crippen LogP contribution < -0.4 is 5.32 Å². The zero-order valence-corrected chi connectivity index (χ0v) is 11.7. The highest BCUT2D eigenvalue weighted by molar-refractivity contribution is 9.10. The number of rotatable bonds is 5. The molecule has 1 aromatic heterocycles. The molecule has 0 fully saturated rings. The standard InChI is InChI=1S/C12H14BrNO4/c1-12(2,11(16)17)7-14-10(15)6-4-8-3-5-9(13)18-8/h3-6H,7H2,1-2H3,(H,14,15)(H,16,17)/b6-4+. The van der Waals surface area contributed by atoms with E-state index in [9.17, 15) is 9.59 Å². The Hall–Kier alpha value is -1.56. The second-order valence-electron chi connectivity index (χ2n) is 4.38. The molecule has 0 atom stereocenters. The number of furan rings is 1. The second-order valence-corrected chi connectivity index (χ2v) is 5.16. The van der Waals surface area contributed by atoms with Crippen LogP contribution in [0.5, 0.6) is 0 Å². The van der Waals surface area contributed by atoms with Crippen LogP contribution >= 0.6 is 15.9 Å². The third kappa shape index (κ3) is 4.37. The molecule has 0 bridgehead atoms. The zero-order chi connectivity index (χ0) is 13.8. The number of hydrogen-bond acceptors (Lipinski definition) is 3. The predicted molar refractivity (Wildman–Crippen MR) is 69.9 cm³/mol. The van der Waals surface area contributed by atoms with Gasteiger partial charge in [-0.15, -0.1) is 0 Å². The van der Waals surface area contributed by atoms with E-state index in [2.05, 4.69) is 21.2 Å². The van der Waals surface area contributed by atoms with E-state index in [1.165, 1.54) is 12.2 Å². The first kappa shape index (κ1) is 14.5. The highest BCUT2D eigenvalue weighted by Crippen LogP contribution is 2.15. The van der Waals surface area contributed by atoms with Crippen LogP contribution in [0, 0.1) is 5.41 Å². The molecule has 1 amide bonds. The SMILES string of the molecule is CC(C)(CNC(=O)/C=C/c1ccc(Br)o1)C(=O)O. The molecule has 1 aromatic rings. The van der Waals surface area contributed by atoms with Crippen LogP contribution in [0.4, 0.5) is 0 Å². The third-order valence-corrected chi connectivity index (χ3v) is 2.70. The Kier molecular flexibility index (Phi) is 4.72. The Morgan fingerprint density at radius 2 is 2.17 bits per heavy atom. The van der Waals surface area contributed by atoms with Crippen molar-refractivity contribution >= 4 is 33.9 Å². The van der Waals surface area contributed by atoms with Gasteiger partial charge in [0.1, 0.15) is 5.76 Å². The van der Waals surface area contributed by atoms with E-state index < -0.39 is 11.4 Å². The lowest BCUT2D eigenvalue weighted by molar-refractivity contribution is -0.146. The molecule has 0 radical (unpaired) electrons. The van der Waals surface area contributed by atoms with Crippen molar-refractivity contribution in [2.75, 3.05) is 6.54 Å². The summed E-state index contributed by atoms with van der Waals surface area (Å²) < 4.78 is 5.75. The molecule has 0 aliphatic heterocycles. The summed E-state index contributed by atoms with van der Waals surface area (Å²) in [7, 11) is 0. The van der Waals surface area contributed by atoms with Crippen LogP contribution in [0.15, 0.2) is 27.3 Å². The van der Waals surface area contributed by atoms with Gasteiger partial charge in [-0.2, -0.15) is 0 Å².